The molecule has 3 unspecified atom stereocenters. The fourth-order valence-electron chi connectivity index (χ4n) is 7.37. The average Bonchev–Trinajstić information content (AvgIpc) is 3.58. The largest absolute Gasteiger partial charge is 0.545 e. The summed E-state index contributed by atoms with van der Waals surface area (Å²) in [5.74, 6) is -1.36. The number of aromatic carboxylic acids is 1. The van der Waals surface area contributed by atoms with Crippen LogP contribution < -0.4 is 41.8 Å². The predicted octanol–water partition coefficient (Wildman–Crippen LogP) is 3.21. The zero-order chi connectivity index (χ0) is 43.1. The van der Waals surface area contributed by atoms with Gasteiger partial charge in [0, 0.05) is 92.0 Å². The maximum absolute atomic E-state index is 13.4. The molecule has 2 aromatic carbocycles. The molecule has 1 fully saturated rings. The first-order valence-electron chi connectivity index (χ1n) is 20.0. The molecule has 0 radical (unpaired) electrons. The van der Waals surface area contributed by atoms with Gasteiger partial charge in [-0.15, -0.1) is 0 Å². The Morgan fingerprint density at radius 2 is 1.73 bits per heavy atom. The predicted molar refractivity (Wildman–Crippen MR) is 228 cm³/mol. The topological polar surface area (TPSA) is 191 Å². The highest BCUT2D eigenvalue weighted by molar-refractivity contribution is 6.09. The number of H-pyrrole nitrogens is 1. The van der Waals surface area contributed by atoms with Gasteiger partial charge in [-0.05, 0) is 67.2 Å². The fourth-order valence-corrected chi connectivity index (χ4v) is 7.37. The molecule has 0 saturated carbocycles. The van der Waals surface area contributed by atoms with E-state index in [-0.39, 0.29) is 35.0 Å². The molecule has 0 bridgehead atoms. The van der Waals surface area contributed by atoms with Crippen molar-refractivity contribution in [1.29, 1.82) is 0 Å². The Balaban J connectivity index is 1.04. The van der Waals surface area contributed by atoms with Gasteiger partial charge in [-0.2, -0.15) is 0 Å². The summed E-state index contributed by atoms with van der Waals surface area (Å²) in [4.78, 5) is 67.6. The number of carboxylic acid groups (broad SMARTS) is 1. The summed E-state index contributed by atoms with van der Waals surface area (Å²) in [6.07, 6.45) is 6.86. The van der Waals surface area contributed by atoms with Crippen LogP contribution in [0, 0.1) is 5.92 Å². The molecule has 3 N–H and O–H groups in total. The van der Waals surface area contributed by atoms with Crippen molar-refractivity contribution in [2.45, 2.75) is 51.4 Å². The number of aromatic amines is 1. The third-order valence-corrected chi connectivity index (χ3v) is 10.8. The number of rotatable bonds is 16. The molecule has 1 saturated heterocycles. The number of carbonyl (C=O) groups excluding carboxylic acids is 3. The second-order valence-electron chi connectivity index (χ2n) is 15.5. The minimum Gasteiger partial charge on any atom is -0.545 e. The number of anilines is 1. The molecule has 1 aromatic heterocycles. The molecule has 15 heteroatoms. The molecule has 3 heterocycles. The molecule has 3 aromatic rings. The second kappa shape index (κ2) is 19.2. The number of aromatic nitrogens is 2. The van der Waals surface area contributed by atoms with E-state index in [4.69, 9.17) is 13.9 Å². The third kappa shape index (κ3) is 9.92. The highest BCUT2D eigenvalue weighted by Crippen LogP contribution is 2.42. The van der Waals surface area contributed by atoms with E-state index in [1.54, 1.807) is 13.2 Å². The molecule has 60 heavy (non-hydrogen) atoms. The van der Waals surface area contributed by atoms with E-state index in [1.807, 2.05) is 81.0 Å². The minimum atomic E-state index is -1.36. The lowest BCUT2D eigenvalue weighted by Gasteiger charge is -2.20. The minimum absolute atomic E-state index is 0.0446. The van der Waals surface area contributed by atoms with Crippen molar-refractivity contribution in [1.82, 2.24) is 24.8 Å². The molecule has 6 rings (SSSR count). The Hall–Kier alpha value is -6.32. The summed E-state index contributed by atoms with van der Waals surface area (Å²) in [5, 5.41) is 19.8. The van der Waals surface area contributed by atoms with Crippen molar-refractivity contribution in [3.63, 3.8) is 0 Å². The number of carbonyl (C=O) groups is 3. The number of amides is 2. The van der Waals surface area contributed by atoms with Crippen LogP contribution in [0.1, 0.15) is 71.5 Å². The molecule has 2 amide bonds. The molecule has 316 valence electrons. The van der Waals surface area contributed by atoms with Gasteiger partial charge in [0.2, 0.25) is 11.3 Å². The number of unbranched alkanes of at least 4 members (excludes halogenated alkanes) is 3. The first kappa shape index (κ1) is 43.3. The molecule has 2 aliphatic heterocycles. The Bertz CT molecular complexity index is 2580. The van der Waals surface area contributed by atoms with E-state index < -0.39 is 23.4 Å². The summed E-state index contributed by atoms with van der Waals surface area (Å²) in [6.45, 7) is 3.22. The Labute approximate surface area is 347 Å². The molecular weight excluding hydrogens is 769 g/mol. The summed E-state index contributed by atoms with van der Waals surface area (Å²) >= 11 is 0. The summed E-state index contributed by atoms with van der Waals surface area (Å²) in [7, 11) is 9.29. The van der Waals surface area contributed by atoms with Crippen LogP contribution in [0.3, 0.4) is 0 Å². The summed E-state index contributed by atoms with van der Waals surface area (Å²) < 4.78 is 20.9. The van der Waals surface area contributed by atoms with Gasteiger partial charge in [-0.3, -0.25) is 23.9 Å². The number of nitrogens with zero attached hydrogens (tertiary/aromatic N) is 3. The van der Waals surface area contributed by atoms with Crippen molar-refractivity contribution in [2.24, 2.45) is 5.92 Å². The van der Waals surface area contributed by atoms with Crippen LogP contribution in [-0.4, -0.2) is 88.4 Å². The zero-order valence-electron chi connectivity index (χ0n) is 34.8. The van der Waals surface area contributed by atoms with E-state index in [1.165, 1.54) is 35.0 Å². The van der Waals surface area contributed by atoms with Crippen molar-refractivity contribution >= 4 is 40.5 Å². The molecule has 3 atom stereocenters. The number of carboxylic acids is 1. The lowest BCUT2D eigenvalue weighted by Crippen LogP contribution is -2.33. The third-order valence-electron chi connectivity index (χ3n) is 10.8. The van der Waals surface area contributed by atoms with Crippen molar-refractivity contribution in [3.05, 3.63) is 110 Å². The van der Waals surface area contributed by atoms with Gasteiger partial charge in [0.1, 0.15) is 31.7 Å². The summed E-state index contributed by atoms with van der Waals surface area (Å²) in [5.41, 5.74) is 2.36. The van der Waals surface area contributed by atoms with Crippen LogP contribution in [0.15, 0.2) is 80.9 Å². The normalized spacial score (nSPS) is 16.4. The highest BCUT2D eigenvalue weighted by atomic mass is 16.5. The molecule has 0 spiro atoms. The van der Waals surface area contributed by atoms with E-state index >= 15 is 0 Å². The van der Waals surface area contributed by atoms with Crippen LogP contribution in [0.4, 0.5) is 5.69 Å². The molecular formula is C45H52N6O9. The van der Waals surface area contributed by atoms with Crippen molar-refractivity contribution in [2.75, 3.05) is 59.9 Å². The van der Waals surface area contributed by atoms with E-state index in [2.05, 4.69) is 15.6 Å². The van der Waals surface area contributed by atoms with E-state index in [9.17, 15) is 29.1 Å². The number of ether oxygens (including phenoxy) is 2. The van der Waals surface area contributed by atoms with Crippen LogP contribution >= 0.6 is 0 Å². The Morgan fingerprint density at radius 1 is 0.983 bits per heavy atom. The van der Waals surface area contributed by atoms with Gasteiger partial charge >= 0.3 is 5.69 Å². The van der Waals surface area contributed by atoms with Gasteiger partial charge in [0.05, 0.1) is 30.3 Å². The van der Waals surface area contributed by atoms with Crippen molar-refractivity contribution in [3.8, 4) is 22.5 Å². The van der Waals surface area contributed by atoms with Gasteiger partial charge in [0.15, 0.2) is 0 Å². The maximum Gasteiger partial charge on any atom is 0.330 e. The fraction of sp³-hybridized carbons (Fsp3) is 0.378. The number of hydrogen-bond donors (Lipinski definition) is 3. The second-order valence-corrected chi connectivity index (χ2v) is 15.5. The average molecular weight is 821 g/mol. The molecule has 1 aliphatic carbocycles. The molecule has 3 aliphatic rings. The van der Waals surface area contributed by atoms with E-state index in [0.29, 0.717) is 77.9 Å². The number of nitrogens with one attached hydrogen (secondary N) is 3. The van der Waals surface area contributed by atoms with Crippen LogP contribution in [0.25, 0.3) is 39.5 Å². The maximum atomic E-state index is 13.4. The number of methoxy groups -OCH3 is 1. The zero-order valence-corrected chi connectivity index (χ0v) is 34.8. The number of hydrogen-bond acceptors (Lipinski definition) is 10. The lowest BCUT2D eigenvalue weighted by molar-refractivity contribution is -0.254. The molecule has 15 nitrogen and oxygen atoms in total. The van der Waals surface area contributed by atoms with Crippen LogP contribution in [0.5, 0.6) is 0 Å². The quantitative estimate of drug-likeness (QED) is 0.0577. The van der Waals surface area contributed by atoms with Gasteiger partial charge in [0.25, 0.3) is 11.5 Å². The number of fused-ring (bicyclic) bond motifs is 2. The Morgan fingerprint density at radius 3 is 2.43 bits per heavy atom. The van der Waals surface area contributed by atoms with Crippen LogP contribution in [0.2, 0.25) is 0 Å². The SMILES string of the molecule is COCC1OC(n2cc(/C=C/C(=O)NCCCCCCNC(=O)c3ccc(C(=O)[O-])c(-c4c5ccc(=[N+](C)C)cc-5oc5cc(N(C)C)ccc45)c3)c(=O)[nH]c2=O)CC1C. The first-order valence-corrected chi connectivity index (χ1v) is 20.0. The highest BCUT2D eigenvalue weighted by Gasteiger charge is 2.34. The van der Waals surface area contributed by atoms with Gasteiger partial charge in [-0.1, -0.05) is 25.8 Å². The van der Waals surface area contributed by atoms with Crippen LogP contribution in [-0.2, 0) is 14.3 Å². The lowest BCUT2D eigenvalue weighted by atomic mass is 9.89. The van der Waals surface area contributed by atoms with Gasteiger partial charge in [-0.25, -0.2) is 9.37 Å². The standard InChI is InChI=1S/C45H52N6O9/c1-27-21-40(60-38(27)26-58-6)51-25-29(43(54)48-45(51)57)12-18-39(52)46-19-9-7-8-10-20-47-42(53)28-11-15-32(44(55)56)35(22-28)41-33-16-13-30(49(2)3)23-36(33)59-37-24-31(50(4)5)14-17-34(37)41/h11-18,22-25,27,38,40H,7-10,19-21,26H2,1-6H3,(H3-,46,47,48,52,53,54,55,56,57)/b18-12+. The first-order chi connectivity index (χ1) is 28.7. The Kier molecular flexibility index (Phi) is 13.8. The smallest absolute Gasteiger partial charge is 0.330 e. The van der Waals surface area contributed by atoms with E-state index in [0.717, 1.165) is 23.9 Å². The monoisotopic (exact) mass is 820 g/mol. The van der Waals surface area contributed by atoms with Crippen molar-refractivity contribution < 1.29 is 33.4 Å². The summed E-state index contributed by atoms with van der Waals surface area (Å²) in [6, 6.07) is 16.0. The number of benzene rings is 3. The van der Waals surface area contributed by atoms with Gasteiger partial charge < -0.3 is 39.3 Å².